The van der Waals surface area contributed by atoms with Gasteiger partial charge in [-0.25, -0.2) is 0 Å². The highest BCUT2D eigenvalue weighted by molar-refractivity contribution is 8.00. The first-order valence-corrected chi connectivity index (χ1v) is 7.04. The van der Waals surface area contributed by atoms with Crippen LogP contribution in [0.3, 0.4) is 0 Å². The van der Waals surface area contributed by atoms with Gasteiger partial charge in [-0.2, -0.15) is 5.26 Å². The summed E-state index contributed by atoms with van der Waals surface area (Å²) in [7, 11) is 1.61. The molecule has 0 aromatic heterocycles. The molecule has 0 atom stereocenters. The Hall–Kier alpha value is -2.13. The van der Waals surface area contributed by atoms with Crippen molar-refractivity contribution in [1.82, 2.24) is 5.32 Å². The minimum absolute atomic E-state index is 0.185. The Morgan fingerprint density at radius 1 is 1.50 bits per heavy atom. The molecule has 0 saturated heterocycles. The van der Waals surface area contributed by atoms with Crippen LogP contribution in [0.1, 0.15) is 6.42 Å². The maximum atomic E-state index is 11.8. The lowest BCUT2D eigenvalue weighted by atomic mass is 10.2. The van der Waals surface area contributed by atoms with Crippen molar-refractivity contribution in [2.24, 2.45) is 0 Å². The van der Waals surface area contributed by atoms with Crippen molar-refractivity contribution in [2.45, 2.75) is 11.3 Å². The summed E-state index contributed by atoms with van der Waals surface area (Å²) >= 11 is 1.41. The molecule has 1 aliphatic rings. The minimum Gasteiger partial charge on any atom is -0.497 e. The molecule has 1 aliphatic heterocycles. The molecule has 1 aromatic rings. The lowest BCUT2D eigenvalue weighted by molar-refractivity contribution is -0.118. The van der Waals surface area contributed by atoms with E-state index in [1.54, 1.807) is 7.11 Å². The summed E-state index contributed by atoms with van der Waals surface area (Å²) in [5.41, 5.74) is 0.493. The zero-order chi connectivity index (χ0) is 14.4. The second kappa shape index (κ2) is 6.87. The number of amides is 1. The Morgan fingerprint density at radius 3 is 2.90 bits per heavy atom. The SMILES string of the molecule is COc1ccc(SCC(=O)NC2=C(C#N)CCO2)cc1. The number of carbonyl (C=O) groups excluding carboxylic acids is 1. The van der Waals surface area contributed by atoms with E-state index >= 15 is 0 Å². The highest BCUT2D eigenvalue weighted by atomic mass is 32.2. The van der Waals surface area contributed by atoms with Crippen molar-refractivity contribution < 1.29 is 14.3 Å². The summed E-state index contributed by atoms with van der Waals surface area (Å²) in [6.45, 7) is 0.449. The number of hydrogen-bond acceptors (Lipinski definition) is 5. The molecule has 20 heavy (non-hydrogen) atoms. The summed E-state index contributed by atoms with van der Waals surface area (Å²) in [6.07, 6.45) is 0.553. The molecule has 0 unspecified atom stereocenters. The van der Waals surface area contributed by atoms with E-state index in [9.17, 15) is 4.79 Å². The topological polar surface area (TPSA) is 71.3 Å². The van der Waals surface area contributed by atoms with E-state index in [2.05, 4.69) is 5.32 Å². The number of ether oxygens (including phenoxy) is 2. The summed E-state index contributed by atoms with van der Waals surface area (Å²) in [5.74, 6) is 1.16. The third kappa shape index (κ3) is 3.68. The summed E-state index contributed by atoms with van der Waals surface area (Å²) in [4.78, 5) is 12.8. The number of hydrogen-bond donors (Lipinski definition) is 1. The van der Waals surface area contributed by atoms with Crippen LogP contribution in [-0.4, -0.2) is 25.4 Å². The number of carbonyl (C=O) groups is 1. The summed E-state index contributed by atoms with van der Waals surface area (Å²) in [5, 5.41) is 11.5. The molecule has 1 amide bonds. The predicted molar refractivity (Wildman–Crippen MR) is 75.1 cm³/mol. The molecule has 0 fully saturated rings. The van der Waals surface area contributed by atoms with Crippen LogP contribution < -0.4 is 10.1 Å². The van der Waals surface area contributed by atoms with Crippen LogP contribution in [0, 0.1) is 11.3 Å². The first-order valence-electron chi connectivity index (χ1n) is 6.05. The van der Waals surface area contributed by atoms with Gasteiger partial charge in [-0.3, -0.25) is 10.1 Å². The number of benzene rings is 1. The molecule has 1 aromatic carbocycles. The van der Waals surface area contributed by atoms with Crippen molar-refractivity contribution in [3.8, 4) is 11.8 Å². The van der Waals surface area contributed by atoms with E-state index in [1.807, 2.05) is 30.3 Å². The normalized spacial score (nSPS) is 13.6. The molecule has 2 rings (SSSR count). The zero-order valence-corrected chi connectivity index (χ0v) is 11.8. The Bertz CT molecular complexity index is 561. The Balaban J connectivity index is 1.84. The highest BCUT2D eigenvalue weighted by Gasteiger charge is 2.17. The van der Waals surface area contributed by atoms with Crippen LogP contribution in [0.2, 0.25) is 0 Å². The third-order valence-corrected chi connectivity index (χ3v) is 3.70. The molecule has 5 nitrogen and oxygen atoms in total. The van der Waals surface area contributed by atoms with Gasteiger partial charge in [0.05, 0.1) is 25.0 Å². The van der Waals surface area contributed by atoms with Gasteiger partial charge in [-0.15, -0.1) is 11.8 Å². The van der Waals surface area contributed by atoms with Crippen LogP contribution in [0.15, 0.2) is 40.6 Å². The van der Waals surface area contributed by atoms with Crippen LogP contribution in [0.4, 0.5) is 0 Å². The van der Waals surface area contributed by atoms with E-state index in [4.69, 9.17) is 14.7 Å². The molecular formula is C14H14N2O3S. The molecule has 6 heteroatoms. The summed E-state index contributed by atoms with van der Waals surface area (Å²) < 4.78 is 10.3. The number of rotatable bonds is 5. The molecule has 0 spiro atoms. The first-order chi connectivity index (χ1) is 9.72. The molecule has 104 valence electrons. The fraction of sp³-hybridized carbons (Fsp3) is 0.286. The zero-order valence-electron chi connectivity index (χ0n) is 11.0. The Morgan fingerprint density at radius 2 is 2.25 bits per heavy atom. The van der Waals surface area contributed by atoms with Crippen molar-refractivity contribution in [3.63, 3.8) is 0 Å². The molecule has 1 heterocycles. The van der Waals surface area contributed by atoms with Crippen LogP contribution in [0.25, 0.3) is 0 Å². The number of thioether (sulfide) groups is 1. The highest BCUT2D eigenvalue weighted by Crippen LogP contribution is 2.21. The van der Waals surface area contributed by atoms with Gasteiger partial charge in [0.25, 0.3) is 0 Å². The van der Waals surface area contributed by atoms with E-state index in [-0.39, 0.29) is 11.7 Å². The fourth-order valence-corrected chi connectivity index (χ4v) is 2.36. The van der Waals surface area contributed by atoms with Crippen LogP contribution >= 0.6 is 11.8 Å². The van der Waals surface area contributed by atoms with Gasteiger partial charge in [0.1, 0.15) is 11.8 Å². The fourth-order valence-electron chi connectivity index (χ4n) is 1.66. The monoisotopic (exact) mass is 290 g/mol. The molecular weight excluding hydrogens is 276 g/mol. The second-order valence-electron chi connectivity index (χ2n) is 4.03. The molecule has 1 N–H and O–H groups in total. The van der Waals surface area contributed by atoms with Gasteiger partial charge >= 0.3 is 0 Å². The molecule has 0 radical (unpaired) electrons. The third-order valence-electron chi connectivity index (χ3n) is 2.69. The van der Waals surface area contributed by atoms with Gasteiger partial charge in [0, 0.05) is 11.3 Å². The van der Waals surface area contributed by atoms with E-state index in [0.29, 0.717) is 24.5 Å². The second-order valence-corrected chi connectivity index (χ2v) is 5.08. The number of nitriles is 1. The van der Waals surface area contributed by atoms with Gasteiger partial charge in [-0.05, 0) is 24.3 Å². The van der Waals surface area contributed by atoms with Crippen molar-refractivity contribution in [2.75, 3.05) is 19.5 Å². The predicted octanol–water partition coefficient (Wildman–Crippen LogP) is 2.06. The largest absolute Gasteiger partial charge is 0.497 e. The standard InChI is InChI=1S/C14H14N2O3S/c1-18-11-2-4-12(5-3-11)20-9-13(17)16-14-10(8-15)6-7-19-14/h2-5H,6-7,9H2,1H3,(H,16,17). The number of nitrogens with one attached hydrogen (secondary N) is 1. The van der Waals surface area contributed by atoms with Crippen LogP contribution in [0.5, 0.6) is 5.75 Å². The first kappa shape index (κ1) is 14.3. The van der Waals surface area contributed by atoms with Gasteiger partial charge < -0.3 is 9.47 Å². The van der Waals surface area contributed by atoms with Gasteiger partial charge in [0.2, 0.25) is 11.8 Å². The lowest BCUT2D eigenvalue weighted by Gasteiger charge is -2.07. The summed E-state index contributed by atoms with van der Waals surface area (Å²) in [6, 6.07) is 9.50. The lowest BCUT2D eigenvalue weighted by Crippen LogP contribution is -2.25. The maximum Gasteiger partial charge on any atom is 0.237 e. The molecule has 0 bridgehead atoms. The van der Waals surface area contributed by atoms with E-state index in [0.717, 1.165) is 10.6 Å². The van der Waals surface area contributed by atoms with E-state index < -0.39 is 0 Å². The molecule has 0 saturated carbocycles. The average Bonchev–Trinajstić information content (AvgIpc) is 2.92. The van der Waals surface area contributed by atoms with Crippen molar-refractivity contribution in [1.29, 1.82) is 5.26 Å². The van der Waals surface area contributed by atoms with Crippen molar-refractivity contribution >= 4 is 17.7 Å². The number of nitrogens with zero attached hydrogens (tertiary/aromatic N) is 1. The van der Waals surface area contributed by atoms with E-state index in [1.165, 1.54) is 11.8 Å². The van der Waals surface area contributed by atoms with Crippen LogP contribution in [-0.2, 0) is 9.53 Å². The van der Waals surface area contributed by atoms with Crippen molar-refractivity contribution in [3.05, 3.63) is 35.7 Å². The quantitative estimate of drug-likeness (QED) is 0.840. The Kier molecular flexibility index (Phi) is 4.91. The van der Waals surface area contributed by atoms with Gasteiger partial charge in [0.15, 0.2) is 0 Å². The van der Waals surface area contributed by atoms with Gasteiger partial charge in [-0.1, -0.05) is 0 Å². The minimum atomic E-state index is -0.185. The maximum absolute atomic E-state index is 11.8. The smallest absolute Gasteiger partial charge is 0.237 e. The molecule has 0 aliphatic carbocycles. The Labute approximate surface area is 121 Å². The average molecular weight is 290 g/mol. The number of methoxy groups -OCH3 is 1.